The molecule has 2 rings (SSSR count). The molecule has 0 atom stereocenters. The van der Waals surface area contributed by atoms with Gasteiger partial charge in [-0.25, -0.2) is 0 Å². The predicted molar refractivity (Wildman–Crippen MR) is 70.2 cm³/mol. The first-order valence-corrected chi connectivity index (χ1v) is 6.33. The van der Waals surface area contributed by atoms with Crippen molar-refractivity contribution in [2.24, 2.45) is 0 Å². The molecule has 0 saturated carbocycles. The van der Waals surface area contributed by atoms with Gasteiger partial charge in [-0.3, -0.25) is 14.9 Å². The molecule has 0 bridgehead atoms. The molecule has 0 spiro atoms. The van der Waals surface area contributed by atoms with Crippen molar-refractivity contribution < 1.29 is 14.1 Å². The van der Waals surface area contributed by atoms with E-state index >= 15 is 0 Å². The molecule has 2 aromatic heterocycles. The van der Waals surface area contributed by atoms with Gasteiger partial charge in [-0.15, -0.1) is 11.3 Å². The first kappa shape index (κ1) is 13.3. The van der Waals surface area contributed by atoms with Crippen LogP contribution in [-0.4, -0.2) is 22.8 Å². The Bertz CT molecular complexity index is 603. The largest absolute Gasteiger partial charge is 0.467 e. The van der Waals surface area contributed by atoms with Crippen LogP contribution in [0.5, 0.6) is 0 Å². The van der Waals surface area contributed by atoms with Crippen LogP contribution >= 0.6 is 11.3 Å². The molecule has 6 nitrogen and oxygen atoms in total. The van der Waals surface area contributed by atoms with Crippen LogP contribution in [-0.2, 0) is 6.54 Å². The van der Waals surface area contributed by atoms with E-state index in [4.69, 9.17) is 4.42 Å². The van der Waals surface area contributed by atoms with Crippen molar-refractivity contribution in [3.63, 3.8) is 0 Å². The maximum absolute atomic E-state index is 12.1. The Hall–Kier alpha value is -2.15. The maximum atomic E-state index is 12.1. The summed E-state index contributed by atoms with van der Waals surface area (Å²) in [7, 11) is 1.63. The molecule has 0 aromatic carbocycles. The Kier molecular flexibility index (Phi) is 3.66. The van der Waals surface area contributed by atoms with Crippen LogP contribution in [0.4, 0.5) is 5.69 Å². The predicted octanol–water partition coefficient (Wildman–Crippen LogP) is 2.83. The van der Waals surface area contributed by atoms with Crippen LogP contribution in [0.2, 0.25) is 0 Å². The fourth-order valence-corrected chi connectivity index (χ4v) is 2.64. The highest BCUT2D eigenvalue weighted by molar-refractivity contribution is 7.14. The van der Waals surface area contributed by atoms with Crippen molar-refractivity contribution in [1.82, 2.24) is 4.90 Å². The molecule has 0 unspecified atom stereocenters. The summed E-state index contributed by atoms with van der Waals surface area (Å²) in [6, 6.07) is 4.83. The van der Waals surface area contributed by atoms with E-state index in [-0.39, 0.29) is 11.6 Å². The third kappa shape index (κ3) is 2.82. The van der Waals surface area contributed by atoms with Gasteiger partial charge in [0.2, 0.25) is 0 Å². The van der Waals surface area contributed by atoms with Crippen LogP contribution in [0.15, 0.2) is 28.9 Å². The summed E-state index contributed by atoms with van der Waals surface area (Å²) in [5.74, 6) is 0.413. The average molecular weight is 280 g/mol. The quantitative estimate of drug-likeness (QED) is 0.637. The van der Waals surface area contributed by atoms with Crippen molar-refractivity contribution >= 4 is 22.9 Å². The molecule has 2 heterocycles. The molecule has 1 amide bonds. The highest BCUT2D eigenvalue weighted by Gasteiger charge is 2.22. The second-order valence-electron chi connectivity index (χ2n) is 4.05. The van der Waals surface area contributed by atoms with Crippen LogP contribution in [0.3, 0.4) is 0 Å². The van der Waals surface area contributed by atoms with E-state index in [1.165, 1.54) is 17.2 Å². The Balaban J connectivity index is 2.15. The van der Waals surface area contributed by atoms with Gasteiger partial charge in [0, 0.05) is 13.1 Å². The van der Waals surface area contributed by atoms with Crippen LogP contribution < -0.4 is 0 Å². The number of rotatable bonds is 4. The number of amides is 1. The van der Waals surface area contributed by atoms with Crippen LogP contribution in [0.1, 0.15) is 20.3 Å². The Morgan fingerprint density at radius 1 is 1.58 bits per heavy atom. The summed E-state index contributed by atoms with van der Waals surface area (Å²) >= 11 is 1.13. The standard InChI is InChI=1S/C12H12N2O4S/c1-8-10(14(16)17)6-11(19-8)12(15)13(2)7-9-4-3-5-18-9/h3-6H,7H2,1-2H3. The zero-order valence-electron chi connectivity index (χ0n) is 10.5. The average Bonchev–Trinajstić information content (AvgIpc) is 2.97. The minimum absolute atomic E-state index is 0.0141. The van der Waals surface area contributed by atoms with Gasteiger partial charge in [-0.05, 0) is 19.1 Å². The van der Waals surface area contributed by atoms with E-state index < -0.39 is 4.92 Å². The second kappa shape index (κ2) is 5.23. The lowest BCUT2D eigenvalue weighted by molar-refractivity contribution is -0.385. The zero-order chi connectivity index (χ0) is 14.0. The normalized spacial score (nSPS) is 10.4. The molecule has 0 saturated heterocycles. The third-order valence-corrected chi connectivity index (χ3v) is 3.65. The second-order valence-corrected chi connectivity index (χ2v) is 5.31. The number of nitro groups is 1. The number of carbonyl (C=O) groups excluding carboxylic acids is 1. The van der Waals surface area contributed by atoms with Crippen molar-refractivity contribution in [3.8, 4) is 0 Å². The lowest BCUT2D eigenvalue weighted by Gasteiger charge is -2.14. The van der Waals surface area contributed by atoms with Crippen molar-refractivity contribution in [2.45, 2.75) is 13.5 Å². The smallest absolute Gasteiger partial charge is 0.283 e. The first-order chi connectivity index (χ1) is 8.99. The van der Waals surface area contributed by atoms with Gasteiger partial charge in [0.05, 0.1) is 27.5 Å². The number of nitrogens with zero attached hydrogens (tertiary/aromatic N) is 2. The topological polar surface area (TPSA) is 76.6 Å². The van der Waals surface area contributed by atoms with Gasteiger partial charge in [0.25, 0.3) is 11.6 Å². The number of thiophene rings is 1. The fraction of sp³-hybridized carbons (Fsp3) is 0.250. The molecular weight excluding hydrogens is 268 g/mol. The number of hydrogen-bond acceptors (Lipinski definition) is 5. The summed E-state index contributed by atoms with van der Waals surface area (Å²) < 4.78 is 5.16. The molecule has 100 valence electrons. The van der Waals surface area contributed by atoms with E-state index in [1.807, 2.05) is 0 Å². The van der Waals surface area contributed by atoms with Crippen LogP contribution in [0.25, 0.3) is 0 Å². The minimum atomic E-state index is -0.477. The first-order valence-electron chi connectivity index (χ1n) is 5.51. The third-order valence-electron chi connectivity index (χ3n) is 2.62. The van der Waals surface area contributed by atoms with Crippen LogP contribution in [0, 0.1) is 17.0 Å². The van der Waals surface area contributed by atoms with Gasteiger partial charge in [-0.1, -0.05) is 0 Å². The lowest BCUT2D eigenvalue weighted by Crippen LogP contribution is -2.25. The van der Waals surface area contributed by atoms with Gasteiger partial charge in [0.1, 0.15) is 5.76 Å². The zero-order valence-corrected chi connectivity index (χ0v) is 11.3. The molecule has 0 fully saturated rings. The Labute approximate surface area is 113 Å². The van der Waals surface area contributed by atoms with Crippen molar-refractivity contribution in [2.75, 3.05) is 7.05 Å². The van der Waals surface area contributed by atoms with Crippen molar-refractivity contribution in [3.05, 3.63) is 50.1 Å². The fourth-order valence-electron chi connectivity index (χ4n) is 1.66. The molecule has 0 aliphatic rings. The highest BCUT2D eigenvalue weighted by Crippen LogP contribution is 2.28. The van der Waals surface area contributed by atoms with E-state index in [0.29, 0.717) is 22.1 Å². The molecular formula is C12H12N2O4S. The summed E-state index contributed by atoms with van der Waals surface area (Å²) in [6.07, 6.45) is 1.54. The monoisotopic (exact) mass is 280 g/mol. The number of carbonyl (C=O) groups is 1. The maximum Gasteiger partial charge on any atom is 0.283 e. The molecule has 0 aliphatic carbocycles. The van der Waals surface area contributed by atoms with Gasteiger partial charge < -0.3 is 9.32 Å². The molecule has 7 heteroatoms. The minimum Gasteiger partial charge on any atom is -0.467 e. The summed E-state index contributed by atoms with van der Waals surface area (Å²) in [6.45, 7) is 1.96. The Morgan fingerprint density at radius 2 is 2.32 bits per heavy atom. The summed E-state index contributed by atoms with van der Waals surface area (Å²) in [5, 5.41) is 10.8. The number of aryl methyl sites for hydroxylation is 1. The number of furan rings is 1. The highest BCUT2D eigenvalue weighted by atomic mass is 32.1. The molecule has 2 aromatic rings. The van der Waals surface area contributed by atoms with E-state index in [9.17, 15) is 14.9 Å². The summed E-state index contributed by atoms with van der Waals surface area (Å²) in [5.41, 5.74) is -0.0141. The lowest BCUT2D eigenvalue weighted by atomic mass is 10.3. The summed E-state index contributed by atoms with van der Waals surface area (Å²) in [4.78, 5) is 24.8. The number of hydrogen-bond donors (Lipinski definition) is 0. The van der Waals surface area contributed by atoms with Gasteiger partial charge >= 0.3 is 0 Å². The SMILES string of the molecule is Cc1sc(C(=O)N(C)Cc2ccco2)cc1[N+](=O)[O-]. The van der Waals surface area contributed by atoms with E-state index in [2.05, 4.69) is 0 Å². The molecule has 0 aliphatic heterocycles. The Morgan fingerprint density at radius 3 is 2.84 bits per heavy atom. The van der Waals surface area contributed by atoms with Crippen molar-refractivity contribution in [1.29, 1.82) is 0 Å². The van der Waals surface area contributed by atoms with E-state index in [1.54, 1.807) is 26.1 Å². The molecule has 19 heavy (non-hydrogen) atoms. The van der Waals surface area contributed by atoms with Gasteiger partial charge in [-0.2, -0.15) is 0 Å². The molecule has 0 radical (unpaired) electrons. The van der Waals surface area contributed by atoms with E-state index in [0.717, 1.165) is 11.3 Å². The molecule has 0 N–H and O–H groups in total. The van der Waals surface area contributed by atoms with Gasteiger partial charge in [0.15, 0.2) is 0 Å².